The van der Waals surface area contributed by atoms with Crippen molar-refractivity contribution in [2.75, 3.05) is 42.7 Å². The Bertz CT molecular complexity index is 771. The maximum Gasteiger partial charge on any atom is 0.321 e. The molecule has 1 aromatic heterocycles. The third kappa shape index (κ3) is 4.03. The summed E-state index contributed by atoms with van der Waals surface area (Å²) in [5.74, 6) is 1.93. The summed E-state index contributed by atoms with van der Waals surface area (Å²) in [5, 5.41) is 3.10. The van der Waals surface area contributed by atoms with E-state index in [9.17, 15) is 4.79 Å². The highest BCUT2D eigenvalue weighted by atomic mass is 32.2. The summed E-state index contributed by atoms with van der Waals surface area (Å²) in [7, 11) is 0. The van der Waals surface area contributed by atoms with Crippen LogP contribution in [0, 0.1) is 11.8 Å². The zero-order valence-electron chi connectivity index (χ0n) is 15.5. The molecule has 7 heteroatoms. The molecule has 142 valence electrons. The molecule has 2 aliphatic rings. The molecule has 2 fully saturated rings. The van der Waals surface area contributed by atoms with Gasteiger partial charge < -0.3 is 15.1 Å². The van der Waals surface area contributed by atoms with Crippen LogP contribution in [0.15, 0.2) is 47.6 Å². The monoisotopic (exact) mass is 383 g/mol. The topological polar surface area (TPSA) is 61.4 Å². The van der Waals surface area contributed by atoms with Crippen LogP contribution in [0.5, 0.6) is 0 Å². The summed E-state index contributed by atoms with van der Waals surface area (Å²) < 4.78 is 0. The molecule has 3 heterocycles. The Balaban J connectivity index is 1.36. The van der Waals surface area contributed by atoms with Crippen molar-refractivity contribution in [1.29, 1.82) is 0 Å². The van der Waals surface area contributed by atoms with Gasteiger partial charge in [-0.25, -0.2) is 14.8 Å². The number of hydrogen-bond donors (Lipinski definition) is 1. The molecule has 0 spiro atoms. The Morgan fingerprint density at radius 3 is 2.41 bits per heavy atom. The molecule has 0 unspecified atom stereocenters. The lowest BCUT2D eigenvalue weighted by atomic mass is 9.92. The Morgan fingerprint density at radius 1 is 1.07 bits per heavy atom. The number of nitrogens with one attached hydrogen (secondary N) is 1. The van der Waals surface area contributed by atoms with Gasteiger partial charge in [-0.05, 0) is 49.1 Å². The third-order valence-corrected chi connectivity index (χ3v) is 6.38. The number of urea groups is 1. The number of likely N-dealkylation sites (tertiary alicyclic amines) is 1. The van der Waals surface area contributed by atoms with Gasteiger partial charge in [-0.15, -0.1) is 11.8 Å². The van der Waals surface area contributed by atoms with E-state index in [4.69, 9.17) is 0 Å². The molecule has 2 amide bonds. The Hall–Kier alpha value is -2.28. The van der Waals surface area contributed by atoms with Crippen LogP contribution >= 0.6 is 11.8 Å². The van der Waals surface area contributed by atoms with Crippen LogP contribution in [0.1, 0.15) is 12.8 Å². The number of fused-ring (bicyclic) bond motifs is 1. The summed E-state index contributed by atoms with van der Waals surface area (Å²) in [6, 6.07) is 9.83. The molecule has 2 saturated heterocycles. The minimum Gasteiger partial charge on any atom is -0.341 e. The van der Waals surface area contributed by atoms with Crippen LogP contribution in [0.2, 0.25) is 0 Å². The zero-order valence-corrected chi connectivity index (χ0v) is 16.4. The number of hydrogen-bond acceptors (Lipinski definition) is 5. The fraction of sp³-hybridized carbons (Fsp3) is 0.450. The van der Waals surface area contributed by atoms with Crippen molar-refractivity contribution in [3.05, 3.63) is 42.7 Å². The molecular weight excluding hydrogens is 358 g/mol. The van der Waals surface area contributed by atoms with Crippen molar-refractivity contribution in [3.63, 3.8) is 0 Å². The highest BCUT2D eigenvalue weighted by molar-refractivity contribution is 7.98. The molecule has 0 saturated carbocycles. The minimum atomic E-state index is 0.0211. The first-order valence-corrected chi connectivity index (χ1v) is 10.7. The van der Waals surface area contributed by atoms with Crippen molar-refractivity contribution in [1.82, 2.24) is 14.9 Å². The average molecular weight is 384 g/mol. The first-order valence-electron chi connectivity index (χ1n) is 9.45. The lowest BCUT2D eigenvalue weighted by Gasteiger charge is -2.22. The van der Waals surface area contributed by atoms with Gasteiger partial charge in [0.05, 0.1) is 5.69 Å². The highest BCUT2D eigenvalue weighted by Gasteiger charge is 2.37. The zero-order chi connectivity index (χ0) is 18.6. The Labute approximate surface area is 164 Å². The van der Waals surface area contributed by atoms with Crippen molar-refractivity contribution < 1.29 is 4.79 Å². The number of benzene rings is 1. The molecule has 0 radical (unpaired) electrons. The molecule has 27 heavy (non-hydrogen) atoms. The normalized spacial score (nSPS) is 22.3. The summed E-state index contributed by atoms with van der Waals surface area (Å²) in [4.78, 5) is 26.9. The van der Waals surface area contributed by atoms with Gasteiger partial charge in [0.2, 0.25) is 5.95 Å². The maximum atomic E-state index is 12.8. The molecule has 6 nitrogen and oxygen atoms in total. The number of carbonyl (C=O) groups is 1. The van der Waals surface area contributed by atoms with E-state index < -0.39 is 0 Å². The van der Waals surface area contributed by atoms with Crippen LogP contribution in [0.3, 0.4) is 0 Å². The van der Waals surface area contributed by atoms with Crippen molar-refractivity contribution in [3.8, 4) is 0 Å². The van der Waals surface area contributed by atoms with E-state index in [0.717, 1.165) is 55.6 Å². The lowest BCUT2D eigenvalue weighted by Crippen LogP contribution is -2.34. The molecule has 2 atom stereocenters. The number of rotatable bonds is 3. The van der Waals surface area contributed by atoms with Crippen LogP contribution in [-0.2, 0) is 0 Å². The third-order valence-electron chi connectivity index (χ3n) is 5.59. The number of nitrogens with zero attached hydrogens (tertiary/aromatic N) is 4. The fourth-order valence-electron chi connectivity index (χ4n) is 4.11. The molecule has 1 N–H and O–H groups in total. The van der Waals surface area contributed by atoms with Crippen LogP contribution in [0.4, 0.5) is 16.4 Å². The highest BCUT2D eigenvalue weighted by Crippen LogP contribution is 2.33. The molecule has 0 aliphatic carbocycles. The predicted octanol–water partition coefficient (Wildman–Crippen LogP) is 3.58. The van der Waals surface area contributed by atoms with E-state index in [2.05, 4.69) is 20.2 Å². The first-order chi connectivity index (χ1) is 13.2. The number of anilines is 2. The number of amides is 2. The number of aromatic nitrogens is 2. The van der Waals surface area contributed by atoms with Crippen LogP contribution in [-0.4, -0.2) is 53.3 Å². The van der Waals surface area contributed by atoms with Crippen LogP contribution in [0.25, 0.3) is 0 Å². The second-order valence-corrected chi connectivity index (χ2v) is 8.02. The molecule has 2 aromatic rings. The molecule has 1 aromatic carbocycles. The molecule has 2 aliphatic heterocycles. The standard InChI is InChI=1S/C20H25N5OS/c1-27-18-6-3-2-5-17(18)23-20(26)25-13-15-7-11-24(12-8-16(15)14-25)19-21-9-4-10-22-19/h2-6,9-10,15-16H,7-8,11-14H2,1H3,(H,23,26)/t15-,16+. The van der Waals surface area contributed by atoms with E-state index in [1.165, 1.54) is 0 Å². The Kier molecular flexibility index (Phi) is 5.48. The predicted molar refractivity (Wildman–Crippen MR) is 109 cm³/mol. The number of carbonyl (C=O) groups excluding carboxylic acids is 1. The molecule has 0 bridgehead atoms. The van der Waals surface area contributed by atoms with Gasteiger partial charge in [0, 0.05) is 43.5 Å². The van der Waals surface area contributed by atoms with Gasteiger partial charge in [-0.2, -0.15) is 0 Å². The van der Waals surface area contributed by atoms with Gasteiger partial charge in [0.1, 0.15) is 0 Å². The van der Waals surface area contributed by atoms with Gasteiger partial charge in [0.25, 0.3) is 0 Å². The number of para-hydroxylation sites is 1. The quantitative estimate of drug-likeness (QED) is 0.821. The van der Waals surface area contributed by atoms with E-state index in [1.807, 2.05) is 41.5 Å². The fourth-order valence-corrected chi connectivity index (χ4v) is 4.66. The average Bonchev–Trinajstić information content (AvgIpc) is 3.02. The Morgan fingerprint density at radius 2 is 1.74 bits per heavy atom. The summed E-state index contributed by atoms with van der Waals surface area (Å²) in [6.45, 7) is 3.58. The smallest absolute Gasteiger partial charge is 0.321 e. The van der Waals surface area contributed by atoms with Crippen LogP contribution < -0.4 is 10.2 Å². The van der Waals surface area contributed by atoms with E-state index in [0.29, 0.717) is 11.8 Å². The van der Waals surface area contributed by atoms with Crippen molar-refractivity contribution >= 4 is 29.4 Å². The number of thioether (sulfide) groups is 1. The van der Waals surface area contributed by atoms with E-state index >= 15 is 0 Å². The lowest BCUT2D eigenvalue weighted by molar-refractivity contribution is 0.219. The van der Waals surface area contributed by atoms with E-state index in [-0.39, 0.29) is 6.03 Å². The second kappa shape index (κ2) is 8.17. The maximum absolute atomic E-state index is 12.8. The van der Waals surface area contributed by atoms with Crippen molar-refractivity contribution in [2.24, 2.45) is 11.8 Å². The van der Waals surface area contributed by atoms with Gasteiger partial charge >= 0.3 is 6.03 Å². The summed E-state index contributed by atoms with van der Waals surface area (Å²) in [6.07, 6.45) is 7.78. The molecule has 4 rings (SSSR count). The SMILES string of the molecule is CSc1ccccc1NC(=O)N1C[C@H]2CCN(c3ncccn3)CC[C@H]2C1. The molecular formula is C20H25N5OS. The van der Waals surface area contributed by atoms with Gasteiger partial charge in [-0.3, -0.25) is 0 Å². The summed E-state index contributed by atoms with van der Waals surface area (Å²) in [5.41, 5.74) is 0.898. The largest absolute Gasteiger partial charge is 0.341 e. The summed E-state index contributed by atoms with van der Waals surface area (Å²) >= 11 is 1.65. The van der Waals surface area contributed by atoms with Gasteiger partial charge in [0.15, 0.2) is 0 Å². The van der Waals surface area contributed by atoms with E-state index in [1.54, 1.807) is 24.2 Å². The first kappa shape index (κ1) is 18.1. The second-order valence-electron chi connectivity index (χ2n) is 7.17. The van der Waals surface area contributed by atoms with Gasteiger partial charge in [-0.1, -0.05) is 12.1 Å². The van der Waals surface area contributed by atoms with Crippen molar-refractivity contribution in [2.45, 2.75) is 17.7 Å². The minimum absolute atomic E-state index is 0.0211.